The molecule has 0 heterocycles. The number of hydrogen-bond acceptors (Lipinski definition) is 18. The summed E-state index contributed by atoms with van der Waals surface area (Å²) in [6.45, 7) is 25.5. The van der Waals surface area contributed by atoms with Crippen LogP contribution >= 0.6 is 0 Å². The number of allylic oxidation sites excluding steroid dienone is 2. The number of amides is 11. The first-order valence-electron chi connectivity index (χ1n) is 32.9. The first kappa shape index (κ1) is 87.2. The second kappa shape index (κ2) is 40.0. The average molecular weight is 1330 g/mol. The molecular formula is C66H119N13O15. The minimum Gasteiger partial charge on any atom is -0.479 e. The van der Waals surface area contributed by atoms with Crippen LogP contribution in [0.3, 0.4) is 0 Å². The number of aliphatic hydroxyl groups excluding tert-OH is 1. The molecule has 12 atom stereocenters. The van der Waals surface area contributed by atoms with Crippen LogP contribution in [0.25, 0.3) is 0 Å². The fraction of sp³-hybridized carbons (Fsp3) is 0.773. The Bertz CT molecular complexity index is 2630. The fourth-order valence-electron chi connectivity index (χ4n) is 11.1. The van der Waals surface area contributed by atoms with E-state index in [9.17, 15) is 63.0 Å². The van der Waals surface area contributed by atoms with Gasteiger partial charge in [0.05, 0.1) is 24.7 Å². The van der Waals surface area contributed by atoms with Gasteiger partial charge in [0.1, 0.15) is 36.3 Å². The molecule has 0 radical (unpaired) electrons. The Labute approximate surface area is 559 Å². The number of hydrogen-bond donors (Lipinski definition) is 7. The third-order valence-corrected chi connectivity index (χ3v) is 17.2. The summed E-state index contributed by atoms with van der Waals surface area (Å²) in [5, 5.41) is 30.9. The van der Waals surface area contributed by atoms with Gasteiger partial charge in [-0.15, -0.1) is 0 Å². The Kier molecular flexibility index (Phi) is 37.1. The zero-order valence-corrected chi connectivity index (χ0v) is 60.9. The number of carboxylic acid groups (broad SMARTS) is 1. The number of nitrogens with two attached hydrogens (primary N) is 2. The van der Waals surface area contributed by atoms with Crippen molar-refractivity contribution in [1.29, 1.82) is 0 Å². The van der Waals surface area contributed by atoms with Gasteiger partial charge in [-0.05, 0) is 116 Å². The zero-order valence-electron chi connectivity index (χ0n) is 60.9. The topological polar surface area (TPSA) is 376 Å². The zero-order chi connectivity index (χ0) is 73.5. The van der Waals surface area contributed by atoms with Gasteiger partial charge in [0, 0.05) is 61.7 Å². The minimum absolute atomic E-state index is 0.0479. The van der Waals surface area contributed by atoms with Gasteiger partial charge in [-0.1, -0.05) is 95.2 Å². The van der Waals surface area contributed by atoms with E-state index >= 15 is 9.59 Å². The second-order valence-corrected chi connectivity index (χ2v) is 27.1. The van der Waals surface area contributed by atoms with Crippen LogP contribution in [0.4, 0.5) is 0 Å². The van der Waals surface area contributed by atoms with Crippen LogP contribution in [-0.2, 0) is 62.3 Å². The summed E-state index contributed by atoms with van der Waals surface area (Å²) in [7, 11) is 11.0. The van der Waals surface area contributed by atoms with Crippen molar-refractivity contribution in [2.45, 2.75) is 228 Å². The molecule has 0 aliphatic carbocycles. The molecule has 28 nitrogen and oxygen atoms in total. The molecular weight excluding hydrogens is 1210 g/mol. The quantitative estimate of drug-likeness (QED) is 0.0260. The Morgan fingerprint density at radius 3 is 1.47 bits per heavy atom. The molecule has 0 aliphatic heterocycles. The molecule has 0 rings (SSSR count). The number of carbonyl (C=O) groups is 13. The number of aliphatic carboxylic acids is 1. The number of ketones is 1. The van der Waals surface area contributed by atoms with E-state index in [-0.39, 0.29) is 67.7 Å². The van der Waals surface area contributed by atoms with Gasteiger partial charge in [0.2, 0.25) is 58.7 Å². The molecule has 538 valence electrons. The van der Waals surface area contributed by atoms with Crippen LogP contribution in [-0.4, -0.2) is 262 Å². The Morgan fingerprint density at radius 1 is 0.553 bits per heavy atom. The molecule has 0 aromatic rings. The fourth-order valence-corrected chi connectivity index (χ4v) is 11.1. The van der Waals surface area contributed by atoms with Crippen molar-refractivity contribution in [3.8, 4) is 0 Å². The third kappa shape index (κ3) is 23.3. The number of nitrogens with zero attached hydrogens (tertiary/aromatic N) is 8. The molecule has 9 N–H and O–H groups in total. The highest BCUT2D eigenvalue weighted by molar-refractivity contribution is 6.17. The van der Waals surface area contributed by atoms with Gasteiger partial charge >= 0.3 is 5.97 Å². The lowest BCUT2D eigenvalue weighted by molar-refractivity contribution is -0.173. The Morgan fingerprint density at radius 2 is 1.04 bits per heavy atom. The van der Waals surface area contributed by atoms with Crippen molar-refractivity contribution in [1.82, 2.24) is 55.1 Å². The first-order chi connectivity index (χ1) is 43.4. The number of aliphatic hydroxyl groups is 1. The van der Waals surface area contributed by atoms with E-state index in [1.165, 1.54) is 82.8 Å². The van der Waals surface area contributed by atoms with Crippen LogP contribution in [0.1, 0.15) is 162 Å². The molecule has 0 unspecified atom stereocenters. The maximum absolute atomic E-state index is 15.2. The number of likely N-dealkylation sites (N-methyl/N-ethyl adjacent to an activating group) is 8. The molecule has 0 aromatic carbocycles. The SMILES string of the molecule is C/C=C/C[C@@H](C)[C@@H](O)[C@H](NC)C(=O)[C@](C)(C(=O)O)N(C(=O)CCCN(C(=O)CCC)C(=O)[C@H](N)N(C)C(=O)[C@H](C(C)C)N(C)C(=O)[C@H](CC(C)C)N(C)C(=O)[C@H](CC(C)C)N(C)C(=O)[C@@H](C)N)C(=O)[C@H](C)N(C)C(=O)[C@@H](NC(=O)[C@H](CC(C)C)N(C)C(=O)CNC)C(C)C. The molecule has 0 saturated heterocycles. The summed E-state index contributed by atoms with van der Waals surface area (Å²) in [5.41, 5.74) is 9.40. The van der Waals surface area contributed by atoms with E-state index in [4.69, 9.17) is 11.5 Å². The first-order valence-corrected chi connectivity index (χ1v) is 32.9. The largest absolute Gasteiger partial charge is 0.479 e. The standard InChI is InChI=1S/C66H119N13O15/c1-25-27-30-42(13)54(83)52(70-18)55(84)66(16,65(93)94)79(59(87)44(15)72(19)62(90)51(40(9)10)71-57(85)45(33-37(3)4)73(20)50(82)36-69-17)49(81)31-28-32-78(48(80)29-26-2)64(92)56(68)77(24)63(91)53(41(11)12)76(23)61(89)47(35-39(7)8)75(22)60(88)46(34-38(5)6)74(21)58(86)43(14)67/h25,27,37-47,51-54,56,69-70,83H,26,28-36,67-68H2,1-24H3,(H,71,85)(H,93,94)/b27-25+/t42-,43-,44+,45+,46+,47+,51+,52+,53+,54-,56-,66-/m1/s1. The number of carbonyl (C=O) groups excluding carboxylic acids is 12. The van der Waals surface area contributed by atoms with E-state index in [1.807, 2.05) is 41.5 Å². The van der Waals surface area contributed by atoms with E-state index in [1.54, 1.807) is 67.7 Å². The van der Waals surface area contributed by atoms with Gasteiger partial charge in [0.15, 0.2) is 11.9 Å². The van der Waals surface area contributed by atoms with E-state index < -0.39 is 180 Å². The van der Waals surface area contributed by atoms with Crippen molar-refractivity contribution < 1.29 is 72.5 Å². The number of carboxylic acids is 1. The van der Waals surface area contributed by atoms with Crippen LogP contribution in [0.5, 0.6) is 0 Å². The van der Waals surface area contributed by atoms with Crippen LogP contribution in [0.15, 0.2) is 12.2 Å². The molecule has 0 fully saturated rings. The third-order valence-electron chi connectivity index (χ3n) is 17.2. The lowest BCUT2D eigenvalue weighted by Crippen LogP contribution is -2.69. The molecule has 0 aromatic heterocycles. The lowest BCUT2D eigenvalue weighted by atomic mass is 9.82. The van der Waals surface area contributed by atoms with Gasteiger partial charge in [-0.2, -0.15) is 0 Å². The van der Waals surface area contributed by atoms with Crippen molar-refractivity contribution in [3.63, 3.8) is 0 Å². The summed E-state index contributed by atoms with van der Waals surface area (Å²) in [6.07, 6.45) is -0.552. The second-order valence-electron chi connectivity index (χ2n) is 27.1. The molecule has 0 saturated carbocycles. The van der Waals surface area contributed by atoms with Crippen molar-refractivity contribution in [2.75, 3.05) is 69.5 Å². The number of rotatable bonds is 40. The normalized spacial score (nSPS) is 15.9. The maximum Gasteiger partial charge on any atom is 0.337 e. The predicted molar refractivity (Wildman–Crippen MR) is 358 cm³/mol. The lowest BCUT2D eigenvalue weighted by Gasteiger charge is -2.41. The van der Waals surface area contributed by atoms with Crippen LogP contribution in [0, 0.1) is 35.5 Å². The predicted octanol–water partition coefficient (Wildman–Crippen LogP) is 1.64. The monoisotopic (exact) mass is 1330 g/mol. The number of nitrogens with one attached hydrogen (secondary N) is 3. The maximum atomic E-state index is 15.2. The summed E-state index contributed by atoms with van der Waals surface area (Å²) in [6, 6.07) is -10.2. The average Bonchev–Trinajstić information content (AvgIpc) is 0.763. The summed E-state index contributed by atoms with van der Waals surface area (Å²) >= 11 is 0. The van der Waals surface area contributed by atoms with E-state index in [0.717, 1.165) is 16.7 Å². The van der Waals surface area contributed by atoms with Crippen molar-refractivity contribution in [2.24, 2.45) is 47.0 Å². The Hall–Kier alpha value is -6.75. The van der Waals surface area contributed by atoms with Gasteiger partial charge in [0.25, 0.3) is 11.8 Å². The molecule has 0 spiro atoms. The van der Waals surface area contributed by atoms with E-state index in [2.05, 4.69) is 16.0 Å². The molecule has 11 amide bonds. The van der Waals surface area contributed by atoms with Crippen LogP contribution < -0.4 is 27.4 Å². The smallest absolute Gasteiger partial charge is 0.337 e. The highest BCUT2D eigenvalue weighted by Crippen LogP contribution is 2.28. The Balaban J connectivity index is 7.77. The van der Waals surface area contributed by atoms with Crippen molar-refractivity contribution >= 4 is 76.7 Å². The summed E-state index contributed by atoms with van der Waals surface area (Å²) in [4.78, 5) is 194. The highest BCUT2D eigenvalue weighted by Gasteiger charge is 2.56. The number of Topliss-reactive ketones (excluding diaryl/α,β-unsaturated/α-hetero) is 1. The molecule has 28 heteroatoms. The minimum atomic E-state index is -3.13. The number of imide groups is 2. The summed E-state index contributed by atoms with van der Waals surface area (Å²) < 4.78 is 0. The summed E-state index contributed by atoms with van der Waals surface area (Å²) in [5.74, 6) is -14.6. The molecule has 0 bridgehead atoms. The molecule has 0 aliphatic rings. The van der Waals surface area contributed by atoms with Gasteiger partial charge < -0.3 is 67.0 Å². The molecule has 94 heavy (non-hydrogen) atoms. The van der Waals surface area contributed by atoms with Gasteiger partial charge in [-0.25, -0.2) is 4.79 Å². The highest BCUT2D eigenvalue weighted by atomic mass is 16.4. The van der Waals surface area contributed by atoms with E-state index in [0.29, 0.717) is 4.90 Å². The van der Waals surface area contributed by atoms with Gasteiger partial charge in [-0.3, -0.25) is 67.3 Å². The van der Waals surface area contributed by atoms with Crippen molar-refractivity contribution in [3.05, 3.63) is 12.2 Å². The van der Waals surface area contributed by atoms with Crippen LogP contribution in [0.2, 0.25) is 0 Å².